The lowest BCUT2D eigenvalue weighted by molar-refractivity contribution is -0.137. The van der Waals surface area contributed by atoms with E-state index >= 15 is 0 Å². The van der Waals surface area contributed by atoms with Gasteiger partial charge in [-0.25, -0.2) is 4.79 Å². The molecule has 0 saturated carbocycles. The molecular weight excluding hydrogens is 310 g/mol. The summed E-state index contributed by atoms with van der Waals surface area (Å²) in [7, 11) is 1.58. The molecule has 2 rings (SSSR count). The summed E-state index contributed by atoms with van der Waals surface area (Å²) >= 11 is 0. The van der Waals surface area contributed by atoms with Gasteiger partial charge < -0.3 is 14.8 Å². The number of aromatic amines is 1. The first-order chi connectivity index (χ1) is 11.5. The summed E-state index contributed by atoms with van der Waals surface area (Å²) in [4.78, 5) is 23.5. The Bertz CT molecular complexity index is 765. The number of H-pyrrole nitrogens is 1. The van der Waals surface area contributed by atoms with Gasteiger partial charge in [0.05, 0.1) is 19.4 Å². The lowest BCUT2D eigenvalue weighted by Gasteiger charge is -2.03. The number of esters is 1. The van der Waals surface area contributed by atoms with Crippen molar-refractivity contribution in [2.75, 3.05) is 13.7 Å². The molecule has 0 radical (unpaired) electrons. The minimum Gasteiger partial charge on any atom is -0.497 e. The predicted molar refractivity (Wildman–Crippen MR) is 88.4 cm³/mol. The van der Waals surface area contributed by atoms with Crippen LogP contribution in [0.2, 0.25) is 0 Å². The van der Waals surface area contributed by atoms with Crippen molar-refractivity contribution in [1.29, 1.82) is 0 Å². The summed E-state index contributed by atoms with van der Waals surface area (Å²) in [6.45, 7) is 3.60. The minimum atomic E-state index is -0.503. The summed E-state index contributed by atoms with van der Waals surface area (Å²) in [5, 5.41) is 9.41. The van der Waals surface area contributed by atoms with Crippen molar-refractivity contribution >= 4 is 11.9 Å². The predicted octanol–water partition coefficient (Wildman–Crippen LogP) is 2.28. The van der Waals surface area contributed by atoms with Gasteiger partial charge in [0.15, 0.2) is 0 Å². The third-order valence-electron chi connectivity index (χ3n) is 3.12. The Balaban J connectivity index is 2.09. The number of rotatable bonds is 6. The van der Waals surface area contributed by atoms with Crippen LogP contribution in [0.4, 0.5) is 0 Å². The number of amides is 1. The van der Waals surface area contributed by atoms with E-state index in [4.69, 9.17) is 9.47 Å². The molecule has 0 fully saturated rings. The van der Waals surface area contributed by atoms with Crippen molar-refractivity contribution in [1.82, 2.24) is 15.5 Å². The molecule has 1 amide bonds. The van der Waals surface area contributed by atoms with Crippen molar-refractivity contribution in [2.45, 2.75) is 13.8 Å². The molecule has 7 heteroatoms. The first kappa shape index (κ1) is 17.3. The molecule has 126 valence electrons. The number of aromatic nitrogens is 2. The maximum absolute atomic E-state index is 12.2. The van der Waals surface area contributed by atoms with Crippen molar-refractivity contribution in [3.8, 4) is 17.0 Å². The molecule has 1 heterocycles. The smallest absolute Gasteiger partial charge is 0.332 e. The van der Waals surface area contributed by atoms with E-state index in [2.05, 4.69) is 15.5 Å². The van der Waals surface area contributed by atoms with Crippen LogP contribution < -0.4 is 10.1 Å². The zero-order valence-corrected chi connectivity index (χ0v) is 13.8. The number of hydrogen-bond acceptors (Lipinski definition) is 5. The van der Waals surface area contributed by atoms with Gasteiger partial charge in [0.25, 0.3) is 5.91 Å². The zero-order chi connectivity index (χ0) is 17.5. The molecule has 0 spiro atoms. The standard InChI is InChI=1S/C17H19N3O4/c1-4-24-16(21)8-11(2)18-17(22)15-10-14(19-20-15)12-6-5-7-13(9-12)23-3/h5-10H,4H2,1-3H3,(H,18,22)(H,19,20)/b11-8+. The highest BCUT2D eigenvalue weighted by atomic mass is 16.5. The highest BCUT2D eigenvalue weighted by Crippen LogP contribution is 2.22. The van der Waals surface area contributed by atoms with Gasteiger partial charge in [0.1, 0.15) is 11.4 Å². The number of carbonyl (C=O) groups is 2. The summed E-state index contributed by atoms with van der Waals surface area (Å²) < 4.78 is 9.96. The lowest BCUT2D eigenvalue weighted by atomic mass is 10.1. The maximum Gasteiger partial charge on any atom is 0.332 e. The van der Waals surface area contributed by atoms with Gasteiger partial charge in [-0.3, -0.25) is 9.89 Å². The number of allylic oxidation sites excluding steroid dienone is 1. The van der Waals surface area contributed by atoms with E-state index in [-0.39, 0.29) is 12.3 Å². The monoisotopic (exact) mass is 329 g/mol. The number of nitrogens with zero attached hydrogens (tertiary/aromatic N) is 1. The van der Waals surface area contributed by atoms with Crippen LogP contribution in [0.3, 0.4) is 0 Å². The van der Waals surface area contributed by atoms with Crippen molar-refractivity contribution in [3.63, 3.8) is 0 Å². The van der Waals surface area contributed by atoms with E-state index in [1.807, 2.05) is 24.3 Å². The molecule has 7 nitrogen and oxygen atoms in total. The molecule has 0 aliphatic heterocycles. The highest BCUT2D eigenvalue weighted by Gasteiger charge is 2.12. The Labute approximate surface area is 139 Å². The number of benzene rings is 1. The van der Waals surface area contributed by atoms with Gasteiger partial charge in [0.2, 0.25) is 0 Å². The number of hydrogen-bond donors (Lipinski definition) is 2. The highest BCUT2D eigenvalue weighted by molar-refractivity contribution is 5.95. The second kappa shape index (κ2) is 7.96. The van der Waals surface area contributed by atoms with Crippen LogP contribution in [0.1, 0.15) is 24.3 Å². The fourth-order valence-electron chi connectivity index (χ4n) is 2.01. The summed E-state index contributed by atoms with van der Waals surface area (Å²) in [6.07, 6.45) is 1.22. The molecule has 0 unspecified atom stereocenters. The Kier molecular flexibility index (Phi) is 5.73. The van der Waals surface area contributed by atoms with Crippen LogP contribution in [0.15, 0.2) is 42.1 Å². The molecular formula is C17H19N3O4. The van der Waals surface area contributed by atoms with E-state index in [9.17, 15) is 9.59 Å². The van der Waals surface area contributed by atoms with E-state index < -0.39 is 11.9 Å². The van der Waals surface area contributed by atoms with Gasteiger partial charge in [-0.15, -0.1) is 0 Å². The van der Waals surface area contributed by atoms with Crippen LogP contribution >= 0.6 is 0 Å². The Morgan fingerprint density at radius 2 is 2.12 bits per heavy atom. The van der Waals surface area contributed by atoms with Crippen molar-refractivity contribution < 1.29 is 19.1 Å². The molecule has 0 bridgehead atoms. The fraction of sp³-hybridized carbons (Fsp3) is 0.235. The number of nitrogens with one attached hydrogen (secondary N) is 2. The van der Waals surface area contributed by atoms with Crippen molar-refractivity contribution in [3.05, 3.63) is 47.8 Å². The number of carbonyl (C=O) groups excluding carboxylic acids is 2. The van der Waals surface area contributed by atoms with Crippen LogP contribution in [-0.2, 0) is 9.53 Å². The largest absolute Gasteiger partial charge is 0.497 e. The van der Waals surface area contributed by atoms with Crippen LogP contribution in [0.25, 0.3) is 11.3 Å². The lowest BCUT2D eigenvalue weighted by Crippen LogP contribution is -2.22. The Morgan fingerprint density at radius 3 is 2.83 bits per heavy atom. The third kappa shape index (κ3) is 4.45. The van der Waals surface area contributed by atoms with Gasteiger partial charge in [-0.1, -0.05) is 12.1 Å². The SMILES string of the molecule is CCOC(=O)/C=C(\C)NC(=O)c1cc(-c2cccc(OC)c2)n[nH]1. The third-order valence-corrected chi connectivity index (χ3v) is 3.12. The fourth-order valence-corrected chi connectivity index (χ4v) is 2.01. The first-order valence-electron chi connectivity index (χ1n) is 7.39. The molecule has 2 aromatic rings. The summed E-state index contributed by atoms with van der Waals surface area (Å²) in [5.74, 6) is -0.193. The Hall–Kier alpha value is -3.09. The normalized spacial score (nSPS) is 11.0. The minimum absolute atomic E-state index is 0.279. The molecule has 0 atom stereocenters. The van der Waals surface area contributed by atoms with Crippen LogP contribution in [-0.4, -0.2) is 35.8 Å². The molecule has 1 aromatic heterocycles. The van der Waals surface area contributed by atoms with Gasteiger partial charge in [0, 0.05) is 17.3 Å². The molecule has 24 heavy (non-hydrogen) atoms. The topological polar surface area (TPSA) is 93.3 Å². The van der Waals surface area contributed by atoms with Gasteiger partial charge in [-0.05, 0) is 32.0 Å². The molecule has 0 aliphatic rings. The van der Waals surface area contributed by atoms with Crippen molar-refractivity contribution in [2.24, 2.45) is 0 Å². The molecule has 0 aliphatic carbocycles. The van der Waals surface area contributed by atoms with Gasteiger partial charge >= 0.3 is 5.97 Å². The van der Waals surface area contributed by atoms with E-state index in [0.717, 1.165) is 5.56 Å². The maximum atomic E-state index is 12.2. The zero-order valence-electron chi connectivity index (χ0n) is 13.8. The van der Waals surface area contributed by atoms with Crippen LogP contribution in [0, 0.1) is 0 Å². The second-order valence-corrected chi connectivity index (χ2v) is 4.93. The molecule has 2 N–H and O–H groups in total. The van der Waals surface area contributed by atoms with E-state index in [1.54, 1.807) is 27.0 Å². The summed E-state index contributed by atoms with van der Waals surface area (Å²) in [6, 6.07) is 8.99. The average molecular weight is 329 g/mol. The average Bonchev–Trinajstić information content (AvgIpc) is 3.05. The Morgan fingerprint density at radius 1 is 1.33 bits per heavy atom. The van der Waals surface area contributed by atoms with E-state index in [0.29, 0.717) is 17.1 Å². The summed E-state index contributed by atoms with van der Waals surface area (Å²) in [5.41, 5.74) is 2.11. The molecule has 1 aromatic carbocycles. The number of methoxy groups -OCH3 is 1. The van der Waals surface area contributed by atoms with Crippen LogP contribution in [0.5, 0.6) is 5.75 Å². The number of ether oxygens (including phenoxy) is 2. The molecule has 0 saturated heterocycles. The first-order valence-corrected chi connectivity index (χ1v) is 7.39. The van der Waals surface area contributed by atoms with E-state index in [1.165, 1.54) is 6.08 Å². The second-order valence-electron chi connectivity index (χ2n) is 4.93. The quantitative estimate of drug-likeness (QED) is 0.626. The van der Waals surface area contributed by atoms with Gasteiger partial charge in [-0.2, -0.15) is 5.10 Å².